The second-order valence-electron chi connectivity index (χ2n) is 6.64. The number of nitro benzene ring substituents is 1. The number of non-ortho nitro benzene ring substituents is 1. The van der Waals surface area contributed by atoms with Crippen LogP contribution < -0.4 is 21.6 Å². The summed E-state index contributed by atoms with van der Waals surface area (Å²) in [5.74, 6) is -0.550. The van der Waals surface area contributed by atoms with Crippen molar-refractivity contribution in [3.63, 3.8) is 0 Å². The van der Waals surface area contributed by atoms with Crippen LogP contribution in [-0.4, -0.2) is 20.2 Å². The number of nitrogens with zero attached hydrogens (tertiary/aromatic N) is 4. The lowest BCUT2D eigenvalue weighted by molar-refractivity contribution is -0.384. The van der Waals surface area contributed by atoms with Gasteiger partial charge >= 0.3 is 0 Å². The van der Waals surface area contributed by atoms with Crippen LogP contribution in [0.4, 0.5) is 5.69 Å². The molecule has 2 aromatic heterocycles. The molecule has 0 spiro atoms. The molecule has 4 rings (SSSR count). The Morgan fingerprint density at radius 2 is 1.94 bits per heavy atom. The number of benzene rings is 2. The van der Waals surface area contributed by atoms with E-state index in [2.05, 4.69) is 21.9 Å². The third-order valence-corrected chi connectivity index (χ3v) is 4.85. The van der Waals surface area contributed by atoms with E-state index in [-0.39, 0.29) is 27.7 Å². The highest BCUT2D eigenvalue weighted by Gasteiger charge is 2.16. The average molecular weight is 414 g/mol. The number of imidazole rings is 1. The fourth-order valence-electron chi connectivity index (χ4n) is 3.27. The Morgan fingerprint density at radius 1 is 1.23 bits per heavy atom. The highest BCUT2D eigenvalue weighted by Crippen LogP contribution is 2.17. The number of rotatable bonds is 4. The monoisotopic (exact) mass is 414 g/mol. The van der Waals surface area contributed by atoms with Crippen LogP contribution in [0.25, 0.3) is 22.9 Å². The lowest BCUT2D eigenvalue weighted by Gasteiger charge is -2.06. The zero-order valence-electron chi connectivity index (χ0n) is 16.1. The van der Waals surface area contributed by atoms with Crippen molar-refractivity contribution in [1.29, 1.82) is 5.26 Å². The Balaban J connectivity index is 1.71. The number of carbonyl (C=O) groups excluding carboxylic acids is 1. The van der Waals surface area contributed by atoms with Crippen molar-refractivity contribution >= 4 is 34.5 Å². The summed E-state index contributed by atoms with van der Waals surface area (Å²) in [6.45, 7) is 1.63. The van der Waals surface area contributed by atoms with E-state index >= 15 is 0 Å². The number of para-hydroxylation sites is 2. The van der Waals surface area contributed by atoms with Gasteiger partial charge in [0.05, 0.1) is 26.7 Å². The van der Waals surface area contributed by atoms with Crippen LogP contribution in [0.2, 0.25) is 0 Å². The van der Waals surface area contributed by atoms with Crippen molar-refractivity contribution in [2.75, 3.05) is 0 Å². The molecule has 0 bridgehead atoms. The summed E-state index contributed by atoms with van der Waals surface area (Å²) < 4.78 is 1.37. The number of nitrogens with one attached hydrogen (secondary N) is 2. The third kappa shape index (κ3) is 3.30. The second kappa shape index (κ2) is 7.57. The average Bonchev–Trinajstić information content (AvgIpc) is 3.15. The van der Waals surface area contributed by atoms with Crippen molar-refractivity contribution in [2.24, 2.45) is 0 Å². The Bertz CT molecular complexity index is 1520. The van der Waals surface area contributed by atoms with Crippen molar-refractivity contribution < 1.29 is 9.72 Å². The first-order chi connectivity index (χ1) is 14.9. The third-order valence-electron chi connectivity index (χ3n) is 4.85. The second-order valence-corrected chi connectivity index (χ2v) is 6.64. The van der Waals surface area contributed by atoms with Crippen LogP contribution in [0, 0.1) is 28.4 Å². The van der Waals surface area contributed by atoms with Crippen LogP contribution in [0.15, 0.2) is 53.3 Å². The van der Waals surface area contributed by atoms with Crippen molar-refractivity contribution in [3.8, 4) is 6.07 Å². The summed E-state index contributed by atoms with van der Waals surface area (Å²) in [5.41, 5.74) is 6.77. The molecule has 0 atom stereocenters. The highest BCUT2D eigenvalue weighted by molar-refractivity contribution is 5.94. The topological polar surface area (TPSA) is 142 Å². The van der Waals surface area contributed by atoms with Gasteiger partial charge in [0, 0.05) is 23.9 Å². The predicted molar refractivity (Wildman–Crippen MR) is 112 cm³/mol. The number of pyridine rings is 1. The predicted octanol–water partition coefficient (Wildman–Crippen LogP) is 1.33. The molecular weight excluding hydrogens is 400 g/mol. The summed E-state index contributed by atoms with van der Waals surface area (Å²) in [5, 5.41) is 20.5. The van der Waals surface area contributed by atoms with Crippen LogP contribution in [0.3, 0.4) is 0 Å². The molecule has 1 amide bonds. The van der Waals surface area contributed by atoms with Gasteiger partial charge in [-0.25, -0.2) is 4.98 Å². The molecule has 0 aliphatic heterocycles. The number of nitriles is 1. The van der Waals surface area contributed by atoms with Crippen molar-refractivity contribution in [3.05, 3.63) is 90.9 Å². The van der Waals surface area contributed by atoms with Gasteiger partial charge in [-0.2, -0.15) is 5.26 Å². The van der Waals surface area contributed by atoms with E-state index in [1.54, 1.807) is 31.2 Å². The van der Waals surface area contributed by atoms with Crippen LogP contribution >= 0.6 is 0 Å². The Labute approximate surface area is 174 Å². The maximum atomic E-state index is 13.1. The lowest BCUT2D eigenvalue weighted by atomic mass is 10.1. The minimum atomic E-state index is -0.561. The van der Waals surface area contributed by atoms with Crippen LogP contribution in [0.1, 0.15) is 21.5 Å². The maximum Gasteiger partial charge on any atom is 0.269 e. The number of nitro groups is 1. The SMILES string of the molecule is Cc1c(C#N)c2nc3ccccc3n2c(=O)/c1=C\NNC(=O)c1ccc([N+](=O)[O-])cc1. The summed E-state index contributed by atoms with van der Waals surface area (Å²) >= 11 is 0. The number of aromatic nitrogens is 2. The van der Waals surface area contributed by atoms with Crippen molar-refractivity contribution in [2.45, 2.75) is 6.92 Å². The molecule has 152 valence electrons. The molecule has 0 unspecified atom stereocenters. The molecule has 0 aliphatic rings. The maximum absolute atomic E-state index is 13.1. The van der Waals surface area contributed by atoms with E-state index in [0.29, 0.717) is 16.6 Å². The van der Waals surface area contributed by atoms with Gasteiger partial charge in [-0.1, -0.05) is 12.1 Å². The van der Waals surface area contributed by atoms with Gasteiger partial charge in [0.15, 0.2) is 5.65 Å². The van der Waals surface area contributed by atoms with E-state index in [9.17, 15) is 25.0 Å². The number of carbonyl (C=O) groups is 1. The summed E-state index contributed by atoms with van der Waals surface area (Å²) in [6, 6.07) is 14.2. The van der Waals surface area contributed by atoms with E-state index in [4.69, 9.17) is 0 Å². The Kier molecular flexibility index (Phi) is 4.77. The zero-order chi connectivity index (χ0) is 22.1. The number of fused-ring (bicyclic) bond motifs is 3. The molecule has 0 aliphatic carbocycles. The standard InChI is InChI=1S/C21H14N6O4/c1-12-15(10-22)19-24-17-4-2-3-5-18(17)26(19)21(29)16(12)11-23-25-20(28)13-6-8-14(9-7-13)27(30)31/h2-9,11,23H,1H3,(H,25,28)/b16-11-. The smallest absolute Gasteiger partial charge is 0.269 e. The quantitative estimate of drug-likeness (QED) is 0.379. The number of hydrogen-bond donors (Lipinski definition) is 2. The molecule has 4 aromatic rings. The first kappa shape index (κ1) is 19.5. The number of hydrazine groups is 1. The first-order valence-electron chi connectivity index (χ1n) is 9.06. The minimum absolute atomic E-state index is 0.132. The molecule has 10 heteroatoms. The number of hydrogen-bond acceptors (Lipinski definition) is 7. The van der Waals surface area contributed by atoms with Crippen LogP contribution in [-0.2, 0) is 0 Å². The van der Waals surface area contributed by atoms with E-state index in [0.717, 1.165) is 0 Å². The van der Waals surface area contributed by atoms with Gasteiger partial charge in [0.2, 0.25) is 0 Å². The molecule has 2 N–H and O–H groups in total. The fourth-order valence-corrected chi connectivity index (χ4v) is 3.27. The van der Waals surface area contributed by atoms with Crippen molar-refractivity contribution in [1.82, 2.24) is 20.2 Å². The molecule has 0 saturated carbocycles. The fraction of sp³-hybridized carbons (Fsp3) is 0.0476. The molecular formula is C21H14N6O4. The molecule has 0 saturated heterocycles. The van der Waals surface area contributed by atoms with Crippen LogP contribution in [0.5, 0.6) is 0 Å². The Morgan fingerprint density at radius 3 is 2.61 bits per heavy atom. The summed E-state index contributed by atoms with van der Waals surface area (Å²) in [6.07, 6.45) is 1.30. The normalized spacial score (nSPS) is 11.4. The van der Waals surface area contributed by atoms with Gasteiger partial charge in [0.1, 0.15) is 6.07 Å². The van der Waals surface area contributed by atoms with Gasteiger partial charge in [-0.05, 0) is 36.8 Å². The molecule has 2 aromatic carbocycles. The van der Waals surface area contributed by atoms with E-state index < -0.39 is 16.4 Å². The minimum Gasteiger partial charge on any atom is -0.305 e. The van der Waals surface area contributed by atoms with E-state index in [1.807, 2.05) is 0 Å². The molecule has 10 nitrogen and oxygen atoms in total. The van der Waals surface area contributed by atoms with Gasteiger partial charge in [-0.15, -0.1) is 0 Å². The first-order valence-corrected chi connectivity index (χ1v) is 9.06. The zero-order valence-corrected chi connectivity index (χ0v) is 16.1. The van der Waals surface area contributed by atoms with Gasteiger partial charge < -0.3 is 5.43 Å². The molecule has 0 radical (unpaired) electrons. The summed E-state index contributed by atoms with van der Waals surface area (Å²) in [7, 11) is 0. The largest absolute Gasteiger partial charge is 0.305 e. The molecule has 0 fully saturated rings. The Hall–Kier alpha value is -4.78. The van der Waals surface area contributed by atoms with Gasteiger partial charge in [0.25, 0.3) is 17.2 Å². The summed E-state index contributed by atoms with van der Waals surface area (Å²) in [4.78, 5) is 39.9. The molecule has 31 heavy (non-hydrogen) atoms. The lowest BCUT2D eigenvalue weighted by Crippen LogP contribution is -2.40. The van der Waals surface area contributed by atoms with E-state index in [1.165, 1.54) is 34.9 Å². The van der Waals surface area contributed by atoms with Gasteiger partial charge in [-0.3, -0.25) is 29.5 Å². The number of amides is 1. The molecule has 2 heterocycles. The highest BCUT2D eigenvalue weighted by atomic mass is 16.6.